The number of nitrogen functional groups attached to an aromatic ring is 1. The summed E-state index contributed by atoms with van der Waals surface area (Å²) in [5.74, 6) is 0.992. The molecule has 0 fully saturated rings. The van der Waals surface area contributed by atoms with E-state index in [4.69, 9.17) is 17.0 Å². The first-order valence-electron chi connectivity index (χ1n) is 8.10. The van der Waals surface area contributed by atoms with Gasteiger partial charge < -0.3 is 20.1 Å². The van der Waals surface area contributed by atoms with Crippen molar-refractivity contribution in [3.05, 3.63) is 35.4 Å². The Kier molecular flexibility index (Phi) is 4.33. The molecule has 0 amide bonds. The summed E-state index contributed by atoms with van der Waals surface area (Å²) in [6.07, 6.45) is 0. The van der Waals surface area contributed by atoms with Crippen LogP contribution in [0.3, 0.4) is 0 Å². The third-order valence-corrected chi connectivity index (χ3v) is 3.88. The highest BCUT2D eigenvalue weighted by Gasteiger charge is 2.22. The van der Waals surface area contributed by atoms with Crippen LogP contribution in [0.25, 0.3) is 26.8 Å². The summed E-state index contributed by atoms with van der Waals surface area (Å²) >= 11 is 0. The van der Waals surface area contributed by atoms with E-state index < -0.39 is 5.60 Å². The van der Waals surface area contributed by atoms with Crippen LogP contribution < -0.4 is 5.73 Å². The molecule has 3 aromatic rings. The van der Waals surface area contributed by atoms with E-state index in [0.29, 0.717) is 48.1 Å². The van der Waals surface area contributed by atoms with Crippen molar-refractivity contribution >= 4 is 33.4 Å². The summed E-state index contributed by atoms with van der Waals surface area (Å²) in [6, 6.07) is 5.31. The van der Waals surface area contributed by atoms with Crippen LogP contribution in [-0.4, -0.2) is 31.8 Å². The molecule has 0 saturated carbocycles. The van der Waals surface area contributed by atoms with Crippen LogP contribution in [0.4, 0.5) is 11.5 Å². The van der Waals surface area contributed by atoms with Gasteiger partial charge in [-0.05, 0) is 26.8 Å². The molecule has 25 heavy (non-hydrogen) atoms. The lowest BCUT2D eigenvalue weighted by Crippen LogP contribution is -2.27. The molecule has 3 rings (SSSR count). The number of nitrogens with two attached hydrogens (primary N) is 1. The van der Waals surface area contributed by atoms with Crippen LogP contribution in [0.15, 0.2) is 18.2 Å². The Balaban J connectivity index is 2.34. The van der Waals surface area contributed by atoms with E-state index in [9.17, 15) is 5.11 Å². The van der Waals surface area contributed by atoms with Gasteiger partial charge in [-0.15, -0.1) is 0 Å². The van der Waals surface area contributed by atoms with Gasteiger partial charge in [-0.2, -0.15) is 0 Å². The molecule has 0 radical (unpaired) electrons. The van der Waals surface area contributed by atoms with Crippen molar-refractivity contribution in [1.82, 2.24) is 14.5 Å². The van der Waals surface area contributed by atoms with Gasteiger partial charge in [0.05, 0.1) is 29.8 Å². The zero-order chi connectivity index (χ0) is 18.2. The first-order valence-corrected chi connectivity index (χ1v) is 8.10. The summed E-state index contributed by atoms with van der Waals surface area (Å²) in [6.45, 7) is 13.8. The number of hydrogen-bond donors (Lipinski definition) is 2. The lowest BCUT2D eigenvalue weighted by Gasteiger charge is -2.20. The second-order valence-corrected chi connectivity index (χ2v) is 6.57. The molecule has 3 N–H and O–H groups in total. The normalized spacial score (nSPS) is 12.0. The SMILES string of the molecule is [C-]#[N+]c1ccc2c(c1)nc(N)c1nc(COCC)n(CC(C)(C)O)c12. The molecule has 0 aliphatic heterocycles. The minimum Gasteiger partial charge on any atom is -0.389 e. The molecule has 0 aliphatic rings. The minimum absolute atomic E-state index is 0.303. The smallest absolute Gasteiger partial charge is 0.189 e. The van der Waals surface area contributed by atoms with E-state index >= 15 is 0 Å². The predicted octanol–water partition coefficient (Wildman–Crippen LogP) is 3.02. The molecular weight excluding hydrogens is 318 g/mol. The molecule has 7 heteroatoms. The fraction of sp³-hybridized carbons (Fsp3) is 0.389. The molecular formula is C18H21N5O2. The van der Waals surface area contributed by atoms with Crippen molar-refractivity contribution in [2.24, 2.45) is 0 Å². The van der Waals surface area contributed by atoms with Crippen LogP contribution in [-0.2, 0) is 17.9 Å². The summed E-state index contributed by atoms with van der Waals surface area (Å²) in [4.78, 5) is 12.4. The van der Waals surface area contributed by atoms with E-state index in [1.165, 1.54) is 0 Å². The maximum absolute atomic E-state index is 10.3. The molecule has 1 aromatic carbocycles. The van der Waals surface area contributed by atoms with Crippen molar-refractivity contribution < 1.29 is 9.84 Å². The van der Waals surface area contributed by atoms with Gasteiger partial charge in [0, 0.05) is 12.0 Å². The number of ether oxygens (including phenoxy) is 1. The van der Waals surface area contributed by atoms with Crippen molar-refractivity contribution in [2.75, 3.05) is 12.3 Å². The van der Waals surface area contributed by atoms with E-state index in [0.717, 1.165) is 10.9 Å². The number of hydrogen-bond acceptors (Lipinski definition) is 5. The van der Waals surface area contributed by atoms with Gasteiger partial charge in [0.25, 0.3) is 0 Å². The zero-order valence-electron chi connectivity index (χ0n) is 14.6. The number of anilines is 1. The molecule has 0 unspecified atom stereocenters. The number of rotatable bonds is 5. The lowest BCUT2D eigenvalue weighted by atomic mass is 10.1. The fourth-order valence-corrected chi connectivity index (χ4v) is 2.88. The Morgan fingerprint density at radius 1 is 1.36 bits per heavy atom. The molecule has 2 heterocycles. The van der Waals surface area contributed by atoms with Gasteiger partial charge in [-0.3, -0.25) is 0 Å². The van der Waals surface area contributed by atoms with Crippen molar-refractivity contribution in [3.8, 4) is 0 Å². The molecule has 0 bridgehead atoms. The van der Waals surface area contributed by atoms with Crippen LogP contribution in [0, 0.1) is 6.57 Å². The van der Waals surface area contributed by atoms with Crippen LogP contribution in [0.2, 0.25) is 0 Å². The van der Waals surface area contributed by atoms with Gasteiger partial charge in [0.15, 0.2) is 11.5 Å². The second-order valence-electron chi connectivity index (χ2n) is 6.57. The largest absolute Gasteiger partial charge is 0.389 e. The molecule has 130 valence electrons. The Morgan fingerprint density at radius 3 is 2.76 bits per heavy atom. The van der Waals surface area contributed by atoms with Crippen LogP contribution in [0.1, 0.15) is 26.6 Å². The van der Waals surface area contributed by atoms with E-state index in [2.05, 4.69) is 14.8 Å². The Hall–Kier alpha value is -2.69. The highest BCUT2D eigenvalue weighted by atomic mass is 16.5. The topological polar surface area (TPSA) is 90.5 Å². The monoisotopic (exact) mass is 339 g/mol. The van der Waals surface area contributed by atoms with E-state index in [1.54, 1.807) is 26.0 Å². The number of aliphatic hydroxyl groups is 1. The van der Waals surface area contributed by atoms with Crippen LogP contribution >= 0.6 is 0 Å². The predicted molar refractivity (Wildman–Crippen MR) is 97.3 cm³/mol. The summed E-state index contributed by atoms with van der Waals surface area (Å²) in [5.41, 5.74) is 7.71. The van der Waals surface area contributed by atoms with Gasteiger partial charge in [-0.25, -0.2) is 14.8 Å². The Bertz CT molecular complexity index is 979. The highest BCUT2D eigenvalue weighted by Crippen LogP contribution is 2.32. The number of nitrogens with zero attached hydrogens (tertiary/aromatic N) is 4. The average Bonchev–Trinajstić information content (AvgIpc) is 2.90. The number of pyridine rings is 1. The Morgan fingerprint density at radius 2 is 2.12 bits per heavy atom. The van der Waals surface area contributed by atoms with E-state index in [-0.39, 0.29) is 0 Å². The zero-order valence-corrected chi connectivity index (χ0v) is 14.6. The summed E-state index contributed by atoms with van der Waals surface area (Å²) < 4.78 is 7.46. The molecule has 0 aliphatic carbocycles. The Labute approximate surface area is 145 Å². The number of fused-ring (bicyclic) bond motifs is 3. The standard InChI is InChI=1S/C18H21N5O2/c1-5-25-9-14-22-15-16(23(14)10-18(2,3)24)12-7-6-11(20-4)8-13(12)21-17(15)19/h6-8,24H,5,9-10H2,1-3H3,(H2,19,21). The fourth-order valence-electron chi connectivity index (χ4n) is 2.88. The van der Waals surface area contributed by atoms with Gasteiger partial charge in [0.1, 0.15) is 17.9 Å². The van der Waals surface area contributed by atoms with Gasteiger partial charge in [-0.1, -0.05) is 12.1 Å². The quantitative estimate of drug-likeness (QED) is 0.697. The molecule has 0 saturated heterocycles. The number of imidazole rings is 1. The van der Waals surface area contributed by atoms with Crippen LogP contribution in [0.5, 0.6) is 0 Å². The minimum atomic E-state index is -0.935. The summed E-state index contributed by atoms with van der Waals surface area (Å²) in [5, 5.41) is 11.2. The van der Waals surface area contributed by atoms with Gasteiger partial charge in [0.2, 0.25) is 0 Å². The lowest BCUT2D eigenvalue weighted by molar-refractivity contribution is 0.0582. The summed E-state index contributed by atoms with van der Waals surface area (Å²) in [7, 11) is 0. The number of benzene rings is 1. The van der Waals surface area contributed by atoms with Crippen molar-refractivity contribution in [3.63, 3.8) is 0 Å². The van der Waals surface area contributed by atoms with Gasteiger partial charge >= 0.3 is 0 Å². The van der Waals surface area contributed by atoms with E-state index in [1.807, 2.05) is 17.6 Å². The van der Waals surface area contributed by atoms with Crippen molar-refractivity contribution in [2.45, 2.75) is 39.5 Å². The average molecular weight is 339 g/mol. The maximum Gasteiger partial charge on any atom is 0.189 e. The number of aromatic nitrogens is 3. The third kappa shape index (κ3) is 3.27. The van der Waals surface area contributed by atoms with Crippen molar-refractivity contribution in [1.29, 1.82) is 0 Å². The first kappa shape index (κ1) is 17.1. The highest BCUT2D eigenvalue weighted by molar-refractivity contribution is 6.07. The third-order valence-electron chi connectivity index (χ3n) is 3.88. The molecule has 2 aromatic heterocycles. The molecule has 0 spiro atoms. The molecule has 0 atom stereocenters. The first-order chi connectivity index (χ1) is 11.8. The second kappa shape index (κ2) is 6.31. The molecule has 7 nitrogen and oxygen atoms in total. The maximum atomic E-state index is 10.3.